The van der Waals surface area contributed by atoms with Crippen LogP contribution in [0.2, 0.25) is 0 Å². The Bertz CT molecular complexity index is 4020. The molecule has 6 aliphatic rings. The van der Waals surface area contributed by atoms with Gasteiger partial charge in [0.1, 0.15) is 11.2 Å². The second-order valence-electron chi connectivity index (χ2n) is 22.4. The fourth-order valence-electron chi connectivity index (χ4n) is 16.0. The van der Waals surface area contributed by atoms with Gasteiger partial charge in [0.25, 0.3) is 0 Å². The zero-order valence-corrected chi connectivity index (χ0v) is 40.5. The average Bonchev–Trinajstić information content (AvgIpc) is 4.04. The van der Waals surface area contributed by atoms with Gasteiger partial charge in [0, 0.05) is 49.4 Å². The smallest absolute Gasteiger partial charge is 0.136 e. The zero-order chi connectivity index (χ0) is 46.9. The van der Waals surface area contributed by atoms with Crippen LogP contribution in [0.4, 0.5) is 17.1 Å². The molecule has 71 heavy (non-hydrogen) atoms. The standard InChI is InChI=1S/C68H54N2O/c1-40-42-33-44-35-43(40)36-45(34-42)68(44)58-22-10-12-24-62(58)70-61-23-11-7-18-53(61)56-37-48(39-60(68)66(56)70)69(47-31-32-52-51-17-6-9-21-57(51)67(2,3)59(52)38-47)46-29-27-41(28-30-46)49-15-4-5-16-50(49)54-20-14-26-64-65(54)55-19-8-13-25-63(55)71-64/h4-32,37-40,42-45H,33-36H2,1-3H3. The van der Waals surface area contributed by atoms with E-state index in [0.29, 0.717) is 11.8 Å². The monoisotopic (exact) mass is 914 g/mol. The Kier molecular flexibility index (Phi) is 8.06. The van der Waals surface area contributed by atoms with E-state index in [0.717, 1.165) is 45.4 Å². The average molecular weight is 915 g/mol. The number of rotatable bonds is 5. The van der Waals surface area contributed by atoms with Crippen LogP contribution in [-0.2, 0) is 10.8 Å². The highest BCUT2D eigenvalue weighted by Crippen LogP contribution is 2.69. The number of para-hydroxylation sites is 3. The Morgan fingerprint density at radius 2 is 1.07 bits per heavy atom. The van der Waals surface area contributed by atoms with Gasteiger partial charge in [0.05, 0.1) is 16.7 Å². The lowest BCUT2D eigenvalue weighted by molar-refractivity contribution is -0.0784. The number of hydrogen-bond donors (Lipinski definition) is 0. The van der Waals surface area contributed by atoms with Crippen LogP contribution in [0.25, 0.3) is 82.8 Å². The molecule has 11 aromatic rings. The van der Waals surface area contributed by atoms with Crippen LogP contribution in [0.5, 0.6) is 0 Å². The van der Waals surface area contributed by atoms with Gasteiger partial charge in [-0.3, -0.25) is 0 Å². The van der Waals surface area contributed by atoms with E-state index in [9.17, 15) is 0 Å². The van der Waals surface area contributed by atoms with E-state index in [1.807, 2.05) is 0 Å². The van der Waals surface area contributed by atoms with Crippen molar-refractivity contribution in [1.82, 2.24) is 4.57 Å². The van der Waals surface area contributed by atoms with Crippen LogP contribution in [-0.4, -0.2) is 4.57 Å². The van der Waals surface area contributed by atoms with E-state index in [1.165, 1.54) is 109 Å². The largest absolute Gasteiger partial charge is 0.456 e. The first-order valence-electron chi connectivity index (χ1n) is 26.2. The molecule has 0 N–H and O–H groups in total. The van der Waals surface area contributed by atoms with Crippen molar-refractivity contribution >= 4 is 60.8 Å². The molecule has 0 amide bonds. The molecule has 4 saturated carbocycles. The second kappa shape index (κ2) is 14.3. The lowest BCUT2D eigenvalue weighted by atomic mass is 9.39. The van der Waals surface area contributed by atoms with Crippen LogP contribution >= 0.6 is 0 Å². The number of nitrogens with zero attached hydrogens (tertiary/aromatic N) is 2. The SMILES string of the molecule is CC1C2CC3CC1CC(C2)C31c2ccccc2-n2c3ccccc3c3cc(N(c4ccc(-c5ccccc5-c5cccc6oc7ccccc7c56)cc4)c4ccc5c(c4)C(C)(C)c4ccccc4-5)cc1c32. The molecule has 2 aromatic heterocycles. The second-order valence-corrected chi connectivity index (χ2v) is 22.4. The minimum atomic E-state index is -0.140. The quantitative estimate of drug-likeness (QED) is 0.172. The molecular formula is C68H54N2O. The molecule has 3 heterocycles. The molecule has 5 aliphatic carbocycles. The fraction of sp³-hybridized carbons (Fsp3) is 0.206. The summed E-state index contributed by atoms with van der Waals surface area (Å²) in [4.78, 5) is 2.60. The van der Waals surface area contributed by atoms with Crippen LogP contribution < -0.4 is 4.90 Å². The molecule has 4 bridgehead atoms. The Labute approximate surface area is 415 Å². The predicted molar refractivity (Wildman–Crippen MR) is 294 cm³/mol. The highest BCUT2D eigenvalue weighted by molar-refractivity contribution is 6.15. The van der Waals surface area contributed by atoms with Crippen molar-refractivity contribution in [2.75, 3.05) is 4.90 Å². The van der Waals surface area contributed by atoms with E-state index in [2.05, 4.69) is 224 Å². The first kappa shape index (κ1) is 40.1. The predicted octanol–water partition coefficient (Wildman–Crippen LogP) is 18.1. The van der Waals surface area contributed by atoms with Crippen LogP contribution in [0.1, 0.15) is 68.7 Å². The molecule has 1 aliphatic heterocycles. The molecule has 3 heteroatoms. The van der Waals surface area contributed by atoms with Gasteiger partial charge in [-0.2, -0.15) is 0 Å². The Morgan fingerprint density at radius 1 is 0.465 bits per heavy atom. The van der Waals surface area contributed by atoms with Crippen molar-refractivity contribution < 1.29 is 4.42 Å². The molecule has 4 fully saturated rings. The van der Waals surface area contributed by atoms with Crippen LogP contribution in [0.3, 0.4) is 0 Å². The first-order chi connectivity index (χ1) is 34.9. The van der Waals surface area contributed by atoms with Gasteiger partial charge < -0.3 is 13.9 Å². The van der Waals surface area contributed by atoms with Gasteiger partial charge in [0.2, 0.25) is 0 Å². The third-order valence-corrected chi connectivity index (χ3v) is 19.1. The number of anilines is 3. The molecule has 0 unspecified atom stereocenters. The van der Waals surface area contributed by atoms with Crippen molar-refractivity contribution in [3.05, 3.63) is 216 Å². The van der Waals surface area contributed by atoms with E-state index in [4.69, 9.17) is 4.42 Å². The van der Waals surface area contributed by atoms with E-state index in [-0.39, 0.29) is 10.8 Å². The van der Waals surface area contributed by atoms with Crippen molar-refractivity contribution in [1.29, 1.82) is 0 Å². The number of furan rings is 1. The van der Waals surface area contributed by atoms with Gasteiger partial charge in [-0.05, 0) is 172 Å². The molecule has 3 nitrogen and oxygen atoms in total. The van der Waals surface area contributed by atoms with Gasteiger partial charge in [-0.1, -0.05) is 154 Å². The third kappa shape index (κ3) is 5.24. The molecule has 1 spiro atoms. The topological polar surface area (TPSA) is 21.3 Å². The summed E-state index contributed by atoms with van der Waals surface area (Å²) in [5.41, 5.74) is 22.7. The molecule has 342 valence electrons. The minimum absolute atomic E-state index is 0.0493. The summed E-state index contributed by atoms with van der Waals surface area (Å²) in [5.74, 6) is 3.72. The lowest BCUT2D eigenvalue weighted by Crippen LogP contribution is -2.59. The van der Waals surface area contributed by atoms with Crippen molar-refractivity contribution in [3.63, 3.8) is 0 Å². The van der Waals surface area contributed by atoms with Crippen LogP contribution in [0.15, 0.2) is 199 Å². The third-order valence-electron chi connectivity index (χ3n) is 19.1. The maximum absolute atomic E-state index is 6.40. The maximum atomic E-state index is 6.40. The maximum Gasteiger partial charge on any atom is 0.136 e. The summed E-state index contributed by atoms with van der Waals surface area (Å²) in [6, 6.07) is 73.6. The van der Waals surface area contributed by atoms with Gasteiger partial charge in [0.15, 0.2) is 0 Å². The summed E-state index contributed by atoms with van der Waals surface area (Å²) < 4.78 is 9.05. The van der Waals surface area contributed by atoms with Gasteiger partial charge in [-0.15, -0.1) is 0 Å². The number of aromatic nitrogens is 1. The highest BCUT2D eigenvalue weighted by atomic mass is 16.3. The van der Waals surface area contributed by atoms with Crippen molar-refractivity contribution in [2.45, 2.75) is 57.3 Å². The van der Waals surface area contributed by atoms with Crippen molar-refractivity contribution in [2.24, 2.45) is 29.6 Å². The van der Waals surface area contributed by atoms with Gasteiger partial charge in [-0.25, -0.2) is 0 Å². The van der Waals surface area contributed by atoms with E-state index in [1.54, 1.807) is 11.1 Å². The fourth-order valence-corrected chi connectivity index (χ4v) is 16.0. The summed E-state index contributed by atoms with van der Waals surface area (Å²) in [5, 5.41) is 4.99. The highest BCUT2D eigenvalue weighted by Gasteiger charge is 2.62. The first-order valence-corrected chi connectivity index (χ1v) is 26.2. The van der Waals surface area contributed by atoms with E-state index >= 15 is 0 Å². The molecule has 0 saturated heterocycles. The van der Waals surface area contributed by atoms with Gasteiger partial charge >= 0.3 is 0 Å². The summed E-state index contributed by atoms with van der Waals surface area (Å²) >= 11 is 0. The zero-order valence-electron chi connectivity index (χ0n) is 40.5. The summed E-state index contributed by atoms with van der Waals surface area (Å²) in [6.45, 7) is 7.39. The van der Waals surface area contributed by atoms with Crippen LogP contribution in [0, 0.1) is 29.6 Å². The molecule has 17 rings (SSSR count). The molecule has 9 aromatic carbocycles. The Balaban J connectivity index is 0.929. The normalized spacial score (nSPS) is 22.9. The molecule has 0 radical (unpaired) electrons. The Hall–Kier alpha value is -7.62. The minimum Gasteiger partial charge on any atom is -0.456 e. The van der Waals surface area contributed by atoms with E-state index < -0.39 is 0 Å². The molecule has 0 atom stereocenters. The Morgan fingerprint density at radius 3 is 1.87 bits per heavy atom. The lowest BCUT2D eigenvalue weighted by Gasteiger charge is -2.65. The number of fused-ring (bicyclic) bond motifs is 11. The van der Waals surface area contributed by atoms with Crippen molar-refractivity contribution in [3.8, 4) is 39.1 Å². The molecular weight excluding hydrogens is 861 g/mol. The summed E-state index contributed by atoms with van der Waals surface area (Å²) in [7, 11) is 0. The summed E-state index contributed by atoms with van der Waals surface area (Å²) in [6.07, 6.45) is 5.31. The number of hydrogen-bond acceptors (Lipinski definition) is 2. The number of benzene rings is 9.